The average Bonchev–Trinajstić information content (AvgIpc) is 3.60. The topological polar surface area (TPSA) is 275 Å². The lowest BCUT2D eigenvalue weighted by Crippen LogP contribution is -2.58. The van der Waals surface area contributed by atoms with E-state index >= 15 is 0 Å². The molecule has 0 fully saturated rings. The highest BCUT2D eigenvalue weighted by Crippen LogP contribution is 2.19. The summed E-state index contributed by atoms with van der Waals surface area (Å²) in [5, 5.41) is 26.4. The van der Waals surface area contributed by atoms with Gasteiger partial charge in [-0.2, -0.15) is 0 Å². The molecule has 4 amide bonds. The van der Waals surface area contributed by atoms with Gasteiger partial charge in [-0.25, -0.2) is 9.78 Å². The fraction of sp³-hybridized carbons (Fsp3) is 0.346. The second kappa shape index (κ2) is 14.4. The number of hydrogen-bond acceptors (Lipinski definition) is 8. The van der Waals surface area contributed by atoms with E-state index in [0.717, 1.165) is 10.9 Å². The van der Waals surface area contributed by atoms with Crippen LogP contribution in [0.15, 0.2) is 43.0 Å². The first-order valence-electron chi connectivity index (χ1n) is 12.9. The Labute approximate surface area is 238 Å². The maximum Gasteiger partial charge on any atom is 0.326 e. The fourth-order valence-corrected chi connectivity index (χ4v) is 4.19. The Hall–Kier alpha value is -5.25. The average molecular weight is 585 g/mol. The number of nitrogens with one attached hydrogen (secondary N) is 5. The van der Waals surface area contributed by atoms with Crippen LogP contribution in [-0.2, 0) is 41.6 Å². The van der Waals surface area contributed by atoms with Gasteiger partial charge in [0.25, 0.3) is 0 Å². The van der Waals surface area contributed by atoms with Crippen LogP contribution in [0.25, 0.3) is 10.9 Å². The first kappa shape index (κ1) is 31.3. The second-order valence-electron chi connectivity index (χ2n) is 9.58. The first-order chi connectivity index (χ1) is 19.9. The van der Waals surface area contributed by atoms with Crippen LogP contribution in [0, 0.1) is 0 Å². The number of carboxylic acid groups (broad SMARTS) is 2. The molecule has 0 aliphatic rings. The first-order valence-corrected chi connectivity index (χ1v) is 12.9. The molecule has 0 aliphatic heterocycles. The van der Waals surface area contributed by atoms with Gasteiger partial charge in [0.2, 0.25) is 23.6 Å². The van der Waals surface area contributed by atoms with E-state index in [1.807, 2.05) is 6.07 Å². The van der Waals surface area contributed by atoms with Crippen molar-refractivity contribution < 1.29 is 39.0 Å². The molecule has 224 valence electrons. The minimum atomic E-state index is -1.65. The summed E-state index contributed by atoms with van der Waals surface area (Å²) in [5.41, 5.74) is 12.8. The predicted octanol–water partition coefficient (Wildman–Crippen LogP) is -1.72. The Kier molecular flexibility index (Phi) is 10.7. The molecular formula is C26H32N8O8. The largest absolute Gasteiger partial charge is 0.481 e. The summed E-state index contributed by atoms with van der Waals surface area (Å²) in [4.78, 5) is 83.2. The number of nitrogens with two attached hydrogens (primary N) is 2. The zero-order valence-electron chi connectivity index (χ0n) is 22.3. The zero-order valence-corrected chi connectivity index (χ0v) is 22.3. The van der Waals surface area contributed by atoms with Crippen molar-refractivity contribution in [3.05, 3.63) is 54.2 Å². The number of hydrogen-bond donors (Lipinski definition) is 9. The summed E-state index contributed by atoms with van der Waals surface area (Å²) < 4.78 is 0. The number of aromatic nitrogens is 3. The maximum absolute atomic E-state index is 13.5. The number of aromatic amines is 2. The summed E-state index contributed by atoms with van der Waals surface area (Å²) >= 11 is 0. The minimum Gasteiger partial charge on any atom is -0.481 e. The molecule has 2 heterocycles. The van der Waals surface area contributed by atoms with Crippen molar-refractivity contribution in [3.8, 4) is 0 Å². The number of carbonyl (C=O) groups excluding carboxylic acids is 4. The summed E-state index contributed by atoms with van der Waals surface area (Å²) in [6.07, 6.45) is 3.02. The number of primary amides is 1. The highest BCUT2D eigenvalue weighted by Gasteiger charge is 2.32. The SMILES string of the molecule is NC(=O)CC(NC(=O)C(Cc1c[nH]c2ccccc12)NC(=O)C(Cc1cnc[nH]1)NC(=O)C(N)CCC(=O)O)C(=O)O. The molecule has 1 aromatic carbocycles. The molecule has 2 aromatic heterocycles. The van der Waals surface area contributed by atoms with Gasteiger partial charge in [-0.05, 0) is 18.1 Å². The predicted molar refractivity (Wildman–Crippen MR) is 146 cm³/mol. The maximum atomic E-state index is 13.5. The molecular weight excluding hydrogens is 552 g/mol. The number of amides is 4. The molecule has 16 nitrogen and oxygen atoms in total. The van der Waals surface area contributed by atoms with E-state index < -0.39 is 66.2 Å². The van der Waals surface area contributed by atoms with E-state index in [1.54, 1.807) is 24.4 Å². The Morgan fingerprint density at radius 2 is 1.52 bits per heavy atom. The highest BCUT2D eigenvalue weighted by atomic mass is 16.4. The molecule has 42 heavy (non-hydrogen) atoms. The van der Waals surface area contributed by atoms with Crippen LogP contribution >= 0.6 is 0 Å². The summed E-state index contributed by atoms with van der Waals surface area (Å²) in [6, 6.07) is 1.68. The smallest absolute Gasteiger partial charge is 0.326 e. The molecule has 4 unspecified atom stereocenters. The lowest BCUT2D eigenvalue weighted by Gasteiger charge is -2.25. The monoisotopic (exact) mass is 584 g/mol. The number of para-hydroxylation sites is 1. The quantitative estimate of drug-likeness (QED) is 0.0918. The van der Waals surface area contributed by atoms with E-state index in [0.29, 0.717) is 11.3 Å². The van der Waals surface area contributed by atoms with E-state index in [1.165, 1.54) is 12.5 Å². The van der Waals surface area contributed by atoms with Crippen LogP contribution in [0.4, 0.5) is 0 Å². The molecule has 4 atom stereocenters. The van der Waals surface area contributed by atoms with Crippen molar-refractivity contribution in [1.29, 1.82) is 0 Å². The number of carboxylic acids is 2. The third-order valence-electron chi connectivity index (χ3n) is 6.37. The lowest BCUT2D eigenvalue weighted by molar-refractivity contribution is -0.143. The summed E-state index contributed by atoms with van der Waals surface area (Å²) in [7, 11) is 0. The summed E-state index contributed by atoms with van der Waals surface area (Å²) in [5.74, 6) is -6.12. The van der Waals surface area contributed by atoms with Gasteiger partial charge >= 0.3 is 11.9 Å². The van der Waals surface area contributed by atoms with E-state index in [9.17, 15) is 33.9 Å². The molecule has 3 aromatic rings. The van der Waals surface area contributed by atoms with Gasteiger partial charge in [-0.15, -0.1) is 0 Å². The van der Waals surface area contributed by atoms with Gasteiger partial charge in [-0.3, -0.25) is 24.0 Å². The zero-order chi connectivity index (χ0) is 30.8. The van der Waals surface area contributed by atoms with Crippen LogP contribution in [0.2, 0.25) is 0 Å². The number of imidazole rings is 1. The van der Waals surface area contributed by atoms with Gasteiger partial charge < -0.3 is 47.6 Å². The molecule has 11 N–H and O–H groups in total. The van der Waals surface area contributed by atoms with Gasteiger partial charge in [0, 0.05) is 48.3 Å². The van der Waals surface area contributed by atoms with Gasteiger partial charge in [-0.1, -0.05) is 18.2 Å². The Morgan fingerprint density at radius 3 is 2.14 bits per heavy atom. The number of rotatable bonds is 16. The normalized spacial score (nSPS) is 13.8. The van der Waals surface area contributed by atoms with Crippen molar-refractivity contribution in [3.63, 3.8) is 0 Å². The standard InChI is InChI=1S/C26H32N8O8/c27-16(5-6-22(36)37)23(38)32-19(8-14-11-29-12-31-14)25(40)33-18(24(39)34-20(26(41)42)9-21(28)35)7-13-10-30-17-4-2-1-3-15(13)17/h1-4,10-12,16,18-20,30H,5-9,27H2,(H2,28,35)(H,29,31)(H,32,38)(H,33,40)(H,34,39)(H,36,37)(H,41,42). The number of H-pyrrole nitrogens is 2. The number of fused-ring (bicyclic) bond motifs is 1. The van der Waals surface area contributed by atoms with Crippen LogP contribution < -0.4 is 27.4 Å². The molecule has 3 rings (SSSR count). The number of benzene rings is 1. The Balaban J connectivity index is 1.87. The molecule has 0 spiro atoms. The van der Waals surface area contributed by atoms with Crippen LogP contribution in [0.3, 0.4) is 0 Å². The van der Waals surface area contributed by atoms with E-state index in [4.69, 9.17) is 16.6 Å². The summed E-state index contributed by atoms with van der Waals surface area (Å²) in [6.45, 7) is 0. The van der Waals surface area contributed by atoms with Crippen molar-refractivity contribution in [2.45, 2.75) is 56.3 Å². The van der Waals surface area contributed by atoms with Crippen LogP contribution in [0.5, 0.6) is 0 Å². The number of carbonyl (C=O) groups is 6. The van der Waals surface area contributed by atoms with Crippen LogP contribution in [0.1, 0.15) is 30.5 Å². The van der Waals surface area contributed by atoms with Gasteiger partial charge in [0.05, 0.1) is 18.8 Å². The molecule has 0 saturated heterocycles. The Bertz CT molecular complexity index is 1440. The molecule has 16 heteroatoms. The van der Waals surface area contributed by atoms with Gasteiger partial charge in [0.15, 0.2) is 0 Å². The molecule has 0 radical (unpaired) electrons. The third-order valence-corrected chi connectivity index (χ3v) is 6.37. The van der Waals surface area contributed by atoms with Crippen molar-refractivity contribution >= 4 is 46.5 Å². The van der Waals surface area contributed by atoms with Crippen molar-refractivity contribution in [2.75, 3.05) is 0 Å². The van der Waals surface area contributed by atoms with Gasteiger partial charge in [0.1, 0.15) is 18.1 Å². The highest BCUT2D eigenvalue weighted by molar-refractivity contribution is 5.95. The second-order valence-corrected chi connectivity index (χ2v) is 9.58. The van der Waals surface area contributed by atoms with Crippen molar-refractivity contribution in [1.82, 2.24) is 30.9 Å². The number of aliphatic carboxylic acids is 2. The van der Waals surface area contributed by atoms with Crippen LogP contribution in [-0.4, -0.2) is 84.9 Å². The van der Waals surface area contributed by atoms with E-state index in [2.05, 4.69) is 30.9 Å². The Morgan fingerprint density at radius 1 is 0.881 bits per heavy atom. The third kappa shape index (κ3) is 8.88. The fourth-order valence-electron chi connectivity index (χ4n) is 4.19. The van der Waals surface area contributed by atoms with Crippen molar-refractivity contribution in [2.24, 2.45) is 11.5 Å². The molecule has 0 bridgehead atoms. The lowest BCUT2D eigenvalue weighted by atomic mass is 10.0. The number of nitrogens with zero attached hydrogens (tertiary/aromatic N) is 1. The molecule has 0 aliphatic carbocycles. The minimum absolute atomic E-state index is 0.0899. The van der Waals surface area contributed by atoms with E-state index in [-0.39, 0.29) is 25.7 Å². The molecule has 0 saturated carbocycles.